The van der Waals surface area contributed by atoms with Crippen LogP contribution in [0, 0.1) is 0 Å². The summed E-state index contributed by atoms with van der Waals surface area (Å²) in [5, 5.41) is 0. The molecule has 0 saturated carbocycles. The second kappa shape index (κ2) is 4.48. The van der Waals surface area contributed by atoms with E-state index in [1.807, 2.05) is 0 Å². The van der Waals surface area contributed by atoms with Gasteiger partial charge in [-0.2, -0.15) is 0 Å². The van der Waals surface area contributed by atoms with Crippen LogP contribution in [0.15, 0.2) is 36.7 Å². The molecule has 6 nitrogen and oxygen atoms in total. The number of hydrogen-bond donors (Lipinski definition) is 2. The second-order valence-electron chi connectivity index (χ2n) is 3.21. The van der Waals surface area contributed by atoms with Gasteiger partial charge in [0.1, 0.15) is 0 Å². The van der Waals surface area contributed by atoms with Crippen LogP contribution in [0.4, 0.5) is 5.69 Å². The molecule has 0 bridgehead atoms. The lowest BCUT2D eigenvalue weighted by atomic mass is 10.3. The van der Waals surface area contributed by atoms with Gasteiger partial charge in [-0.25, -0.2) is 9.97 Å². The highest BCUT2D eigenvalue weighted by molar-refractivity contribution is 5.93. The fraction of sp³-hybridized carbons (Fsp3) is 0. The molecule has 4 N–H and O–H groups in total. The highest BCUT2D eigenvalue weighted by atomic mass is 16.5. The summed E-state index contributed by atoms with van der Waals surface area (Å²) in [4.78, 5) is 18.8. The molecule has 0 saturated heterocycles. The first kappa shape index (κ1) is 10.9. The number of hydrogen-bond acceptors (Lipinski definition) is 5. The van der Waals surface area contributed by atoms with Crippen molar-refractivity contribution in [3.63, 3.8) is 0 Å². The lowest BCUT2D eigenvalue weighted by Gasteiger charge is -2.08. The largest absolute Gasteiger partial charge is 0.435 e. The van der Waals surface area contributed by atoms with Gasteiger partial charge < -0.3 is 16.2 Å². The van der Waals surface area contributed by atoms with E-state index < -0.39 is 5.91 Å². The van der Waals surface area contributed by atoms with Crippen LogP contribution in [0.3, 0.4) is 0 Å². The smallest absolute Gasteiger partial charge is 0.272 e. The second-order valence-corrected chi connectivity index (χ2v) is 3.21. The molecule has 1 amide bonds. The molecule has 0 aliphatic rings. The Morgan fingerprint density at radius 2 is 1.88 bits per heavy atom. The summed E-state index contributed by atoms with van der Waals surface area (Å²) >= 11 is 0. The highest BCUT2D eigenvalue weighted by Gasteiger charge is 2.13. The molecule has 0 atom stereocenters. The minimum absolute atomic E-state index is 0.0317. The van der Waals surface area contributed by atoms with Crippen molar-refractivity contribution >= 4 is 11.6 Å². The number of benzene rings is 1. The summed E-state index contributed by atoms with van der Waals surface area (Å²) < 4.78 is 5.40. The number of carbonyl (C=O) groups excluding carboxylic acids is 1. The predicted molar refractivity (Wildman–Crippen MR) is 61.5 cm³/mol. The number of anilines is 1. The SMILES string of the molecule is NC(=O)c1nccnc1Oc1ccccc1N. The van der Waals surface area contributed by atoms with Gasteiger partial charge in [0.15, 0.2) is 11.4 Å². The lowest BCUT2D eigenvalue weighted by Crippen LogP contribution is -2.15. The number of nitrogens with two attached hydrogens (primary N) is 2. The molecule has 6 heteroatoms. The summed E-state index contributed by atoms with van der Waals surface area (Å²) in [6.07, 6.45) is 2.77. The van der Waals surface area contributed by atoms with Gasteiger partial charge in [-0.3, -0.25) is 4.79 Å². The van der Waals surface area contributed by atoms with E-state index in [9.17, 15) is 4.79 Å². The first-order valence-corrected chi connectivity index (χ1v) is 4.81. The topological polar surface area (TPSA) is 104 Å². The van der Waals surface area contributed by atoms with Crippen LogP contribution in [0.25, 0.3) is 0 Å². The van der Waals surface area contributed by atoms with Crippen LogP contribution in [0.1, 0.15) is 10.5 Å². The Bertz CT molecular complexity index is 557. The van der Waals surface area contributed by atoms with E-state index in [-0.39, 0.29) is 11.6 Å². The third-order valence-electron chi connectivity index (χ3n) is 2.02. The number of primary amides is 1. The number of para-hydroxylation sites is 2. The Morgan fingerprint density at radius 1 is 1.18 bits per heavy atom. The van der Waals surface area contributed by atoms with Crippen LogP contribution in [0.5, 0.6) is 11.6 Å². The van der Waals surface area contributed by atoms with Crippen molar-refractivity contribution in [2.75, 3.05) is 5.73 Å². The molecule has 0 radical (unpaired) electrons. The number of rotatable bonds is 3. The molecule has 1 aromatic heterocycles. The highest BCUT2D eigenvalue weighted by Crippen LogP contribution is 2.26. The van der Waals surface area contributed by atoms with Gasteiger partial charge in [0, 0.05) is 12.4 Å². The minimum atomic E-state index is -0.706. The van der Waals surface area contributed by atoms with E-state index >= 15 is 0 Å². The van der Waals surface area contributed by atoms with Crippen LogP contribution in [0.2, 0.25) is 0 Å². The van der Waals surface area contributed by atoms with E-state index in [0.717, 1.165) is 0 Å². The van der Waals surface area contributed by atoms with Gasteiger partial charge in [-0.05, 0) is 12.1 Å². The van der Waals surface area contributed by atoms with Crippen molar-refractivity contribution in [1.29, 1.82) is 0 Å². The quantitative estimate of drug-likeness (QED) is 0.764. The average molecular weight is 230 g/mol. The minimum Gasteiger partial charge on any atom is -0.435 e. The van der Waals surface area contributed by atoms with Crippen molar-refractivity contribution in [3.8, 4) is 11.6 Å². The molecule has 2 rings (SSSR count). The molecule has 1 heterocycles. The molecule has 0 aliphatic heterocycles. The normalized spacial score (nSPS) is 9.88. The third kappa shape index (κ3) is 2.31. The Labute approximate surface area is 97.2 Å². The molecule has 0 unspecified atom stereocenters. The third-order valence-corrected chi connectivity index (χ3v) is 2.02. The van der Waals surface area contributed by atoms with Crippen molar-refractivity contribution in [2.24, 2.45) is 5.73 Å². The van der Waals surface area contributed by atoms with Gasteiger partial charge in [0.25, 0.3) is 11.8 Å². The molecular formula is C11H10N4O2. The molecule has 0 fully saturated rings. The Morgan fingerprint density at radius 3 is 2.59 bits per heavy atom. The van der Waals surface area contributed by atoms with E-state index in [0.29, 0.717) is 11.4 Å². The van der Waals surface area contributed by atoms with E-state index in [1.54, 1.807) is 24.3 Å². The summed E-state index contributed by atoms with van der Waals surface area (Å²) in [6, 6.07) is 6.87. The summed E-state index contributed by atoms with van der Waals surface area (Å²) in [5.41, 5.74) is 11.3. The van der Waals surface area contributed by atoms with Crippen LogP contribution in [-0.4, -0.2) is 15.9 Å². The molecule has 86 valence electrons. The predicted octanol–water partition coefficient (Wildman–Crippen LogP) is 0.950. The van der Waals surface area contributed by atoms with Gasteiger partial charge in [0.05, 0.1) is 5.69 Å². The van der Waals surface area contributed by atoms with Crippen molar-refractivity contribution in [1.82, 2.24) is 9.97 Å². The molecule has 1 aromatic carbocycles. The number of carbonyl (C=O) groups is 1. The van der Waals surface area contributed by atoms with Crippen LogP contribution in [-0.2, 0) is 0 Å². The number of amides is 1. The number of aromatic nitrogens is 2. The Kier molecular flexibility index (Phi) is 2.87. The van der Waals surface area contributed by atoms with Crippen molar-refractivity contribution in [3.05, 3.63) is 42.4 Å². The zero-order valence-electron chi connectivity index (χ0n) is 8.83. The van der Waals surface area contributed by atoms with E-state index in [4.69, 9.17) is 16.2 Å². The zero-order chi connectivity index (χ0) is 12.3. The van der Waals surface area contributed by atoms with Crippen LogP contribution < -0.4 is 16.2 Å². The van der Waals surface area contributed by atoms with Crippen molar-refractivity contribution in [2.45, 2.75) is 0 Å². The van der Waals surface area contributed by atoms with E-state index in [1.165, 1.54) is 12.4 Å². The fourth-order valence-corrected chi connectivity index (χ4v) is 1.25. The lowest BCUT2D eigenvalue weighted by molar-refractivity contribution is 0.0992. The van der Waals surface area contributed by atoms with Crippen molar-refractivity contribution < 1.29 is 9.53 Å². The average Bonchev–Trinajstić information content (AvgIpc) is 2.32. The maximum absolute atomic E-state index is 11.1. The monoisotopic (exact) mass is 230 g/mol. The molecule has 0 aliphatic carbocycles. The molecule has 0 spiro atoms. The van der Waals surface area contributed by atoms with Gasteiger partial charge in [0.2, 0.25) is 0 Å². The fourth-order valence-electron chi connectivity index (χ4n) is 1.25. The summed E-state index contributed by atoms with van der Waals surface area (Å²) in [5.74, 6) is -0.268. The van der Waals surface area contributed by atoms with Gasteiger partial charge >= 0.3 is 0 Å². The van der Waals surface area contributed by atoms with Gasteiger partial charge in [-0.1, -0.05) is 12.1 Å². The maximum Gasteiger partial charge on any atom is 0.272 e. The van der Waals surface area contributed by atoms with Gasteiger partial charge in [-0.15, -0.1) is 0 Å². The zero-order valence-corrected chi connectivity index (χ0v) is 8.83. The Hall–Kier alpha value is -2.63. The standard InChI is InChI=1S/C11H10N4O2/c12-7-3-1-2-4-8(7)17-11-9(10(13)16)14-5-6-15-11/h1-6H,12H2,(H2,13,16). The summed E-state index contributed by atoms with van der Waals surface area (Å²) in [6.45, 7) is 0. The first-order chi connectivity index (χ1) is 8.18. The molecule has 17 heavy (non-hydrogen) atoms. The number of nitrogen functional groups attached to an aromatic ring is 1. The summed E-state index contributed by atoms with van der Waals surface area (Å²) in [7, 11) is 0. The number of nitrogens with zero attached hydrogens (tertiary/aromatic N) is 2. The van der Waals surface area contributed by atoms with Crippen LogP contribution >= 0.6 is 0 Å². The number of ether oxygens (including phenoxy) is 1. The molecule has 2 aromatic rings. The molecular weight excluding hydrogens is 220 g/mol. The Balaban J connectivity index is 2.37. The van der Waals surface area contributed by atoms with E-state index in [2.05, 4.69) is 9.97 Å². The first-order valence-electron chi connectivity index (χ1n) is 4.81. The maximum atomic E-state index is 11.1.